The van der Waals surface area contributed by atoms with E-state index in [9.17, 15) is 4.79 Å². The van der Waals surface area contributed by atoms with Crippen molar-refractivity contribution in [2.24, 2.45) is 11.7 Å². The third-order valence-corrected chi connectivity index (χ3v) is 5.22. The quantitative estimate of drug-likeness (QED) is 0.927. The van der Waals surface area contributed by atoms with Crippen molar-refractivity contribution in [3.05, 3.63) is 24.3 Å². The summed E-state index contributed by atoms with van der Waals surface area (Å²) < 4.78 is 0. The van der Waals surface area contributed by atoms with Crippen molar-refractivity contribution in [3.63, 3.8) is 0 Å². The van der Waals surface area contributed by atoms with Gasteiger partial charge in [0.05, 0.1) is 0 Å². The van der Waals surface area contributed by atoms with Crippen LogP contribution in [0, 0.1) is 5.92 Å². The smallest absolute Gasteiger partial charge is 0.220 e. The number of amides is 1. The summed E-state index contributed by atoms with van der Waals surface area (Å²) >= 11 is 1.59. The summed E-state index contributed by atoms with van der Waals surface area (Å²) in [5.41, 5.74) is 7.60. The van der Waals surface area contributed by atoms with E-state index in [4.69, 9.17) is 5.73 Å². The van der Waals surface area contributed by atoms with E-state index in [1.807, 2.05) is 20.2 Å². The van der Waals surface area contributed by atoms with Crippen molar-refractivity contribution in [1.82, 2.24) is 10.2 Å². The van der Waals surface area contributed by atoms with Crippen LogP contribution in [0.3, 0.4) is 0 Å². The molecular formula is C16H21N5OS. The number of carbonyl (C=O) groups excluding carboxylic acids is 1. The molecule has 0 saturated carbocycles. The molecule has 3 rings (SSSR count). The Kier molecular flexibility index (Phi) is 4.47. The Morgan fingerprint density at radius 2 is 2.04 bits per heavy atom. The second-order valence-corrected chi connectivity index (χ2v) is 6.95. The van der Waals surface area contributed by atoms with Crippen LogP contribution in [0.15, 0.2) is 24.3 Å². The maximum absolute atomic E-state index is 11.2. The molecule has 2 N–H and O–H groups in total. The summed E-state index contributed by atoms with van der Waals surface area (Å²) in [6.45, 7) is 1.61. The van der Waals surface area contributed by atoms with Crippen LogP contribution in [-0.4, -0.2) is 43.3 Å². The first-order valence-corrected chi connectivity index (χ1v) is 8.52. The van der Waals surface area contributed by atoms with Crippen LogP contribution in [0.1, 0.15) is 12.8 Å². The lowest BCUT2D eigenvalue weighted by Crippen LogP contribution is -2.38. The largest absolute Gasteiger partial charge is 0.378 e. The number of aromatic nitrogens is 2. The molecule has 2 heterocycles. The topological polar surface area (TPSA) is 75.3 Å². The second kappa shape index (κ2) is 6.54. The number of hydrogen-bond acceptors (Lipinski definition) is 6. The summed E-state index contributed by atoms with van der Waals surface area (Å²) in [6.07, 6.45) is 1.58. The van der Waals surface area contributed by atoms with E-state index in [-0.39, 0.29) is 11.8 Å². The van der Waals surface area contributed by atoms with Gasteiger partial charge >= 0.3 is 0 Å². The molecule has 0 unspecified atom stereocenters. The summed E-state index contributed by atoms with van der Waals surface area (Å²) in [5, 5.41) is 10.5. The lowest BCUT2D eigenvalue weighted by atomic mass is 9.97. The van der Waals surface area contributed by atoms with E-state index in [1.54, 1.807) is 11.3 Å². The lowest BCUT2D eigenvalue weighted by molar-refractivity contribution is -0.122. The fourth-order valence-electron chi connectivity index (χ4n) is 2.73. The molecule has 23 heavy (non-hydrogen) atoms. The Bertz CT molecular complexity index is 691. The van der Waals surface area contributed by atoms with Gasteiger partial charge in [-0.2, -0.15) is 0 Å². The zero-order valence-electron chi connectivity index (χ0n) is 13.4. The SMILES string of the molecule is CN(C)c1cccc(-c2nnc(N3CCC(C(N)=O)CC3)s2)c1. The first-order chi connectivity index (χ1) is 11.0. The highest BCUT2D eigenvalue weighted by Gasteiger charge is 2.25. The van der Waals surface area contributed by atoms with Crippen molar-refractivity contribution >= 4 is 28.1 Å². The number of nitrogens with two attached hydrogens (primary N) is 1. The summed E-state index contributed by atoms with van der Waals surface area (Å²) in [7, 11) is 4.04. The molecule has 1 aliphatic rings. The van der Waals surface area contributed by atoms with Gasteiger partial charge in [-0.1, -0.05) is 23.5 Å². The Morgan fingerprint density at radius 3 is 2.70 bits per heavy atom. The molecule has 1 aliphatic heterocycles. The van der Waals surface area contributed by atoms with Crippen LogP contribution < -0.4 is 15.5 Å². The van der Waals surface area contributed by atoms with Crippen LogP contribution in [0.2, 0.25) is 0 Å². The number of benzene rings is 1. The molecule has 0 radical (unpaired) electrons. The number of rotatable bonds is 4. The van der Waals surface area contributed by atoms with E-state index in [0.29, 0.717) is 0 Å². The molecule has 1 saturated heterocycles. The lowest BCUT2D eigenvalue weighted by Gasteiger charge is -2.29. The predicted octanol–water partition coefficient (Wildman–Crippen LogP) is 1.97. The number of piperidine rings is 1. The van der Waals surface area contributed by atoms with E-state index >= 15 is 0 Å². The van der Waals surface area contributed by atoms with Crippen LogP contribution in [0.5, 0.6) is 0 Å². The number of anilines is 2. The predicted molar refractivity (Wildman–Crippen MR) is 93.8 cm³/mol. The minimum atomic E-state index is -0.192. The first kappa shape index (κ1) is 15.7. The fourth-order valence-corrected chi connectivity index (χ4v) is 3.63. The first-order valence-electron chi connectivity index (χ1n) is 7.70. The molecule has 6 nitrogen and oxygen atoms in total. The molecule has 1 aromatic carbocycles. The molecule has 7 heteroatoms. The molecule has 1 amide bonds. The number of nitrogens with zero attached hydrogens (tertiary/aromatic N) is 4. The van der Waals surface area contributed by atoms with E-state index < -0.39 is 0 Å². The van der Waals surface area contributed by atoms with Gasteiger partial charge in [-0.3, -0.25) is 4.79 Å². The molecule has 0 atom stereocenters. The Morgan fingerprint density at radius 1 is 1.30 bits per heavy atom. The van der Waals surface area contributed by atoms with Crippen molar-refractivity contribution in [2.75, 3.05) is 37.0 Å². The highest BCUT2D eigenvalue weighted by atomic mass is 32.1. The standard InChI is InChI=1S/C16H21N5OS/c1-20(2)13-5-3-4-12(10-13)15-18-19-16(23-15)21-8-6-11(7-9-21)14(17)22/h3-5,10-11H,6-9H2,1-2H3,(H2,17,22). The van der Waals surface area contributed by atoms with Gasteiger partial charge in [0.15, 0.2) is 0 Å². The average molecular weight is 331 g/mol. The molecule has 1 fully saturated rings. The van der Waals surface area contributed by atoms with Crippen molar-refractivity contribution in [2.45, 2.75) is 12.8 Å². The monoisotopic (exact) mass is 331 g/mol. The Labute approximate surface area is 139 Å². The van der Waals surface area contributed by atoms with Crippen LogP contribution in [0.4, 0.5) is 10.8 Å². The van der Waals surface area contributed by atoms with E-state index in [1.165, 1.54) is 0 Å². The van der Waals surface area contributed by atoms with Gasteiger partial charge in [0, 0.05) is 44.4 Å². The Hall–Kier alpha value is -2.15. The molecule has 0 aliphatic carbocycles. The van der Waals surface area contributed by atoms with Crippen molar-refractivity contribution < 1.29 is 4.79 Å². The third-order valence-electron chi connectivity index (χ3n) is 4.19. The summed E-state index contributed by atoms with van der Waals surface area (Å²) in [5.74, 6) is -0.196. The van der Waals surface area contributed by atoms with E-state index in [2.05, 4.69) is 38.2 Å². The van der Waals surface area contributed by atoms with Crippen LogP contribution in [0.25, 0.3) is 10.6 Å². The third kappa shape index (κ3) is 3.44. The fraction of sp³-hybridized carbons (Fsp3) is 0.438. The number of primary amides is 1. The van der Waals surface area contributed by atoms with Gasteiger partial charge in [-0.05, 0) is 25.0 Å². The van der Waals surface area contributed by atoms with E-state index in [0.717, 1.165) is 47.3 Å². The second-order valence-electron chi connectivity index (χ2n) is 6.00. The van der Waals surface area contributed by atoms with Crippen molar-refractivity contribution in [3.8, 4) is 10.6 Å². The number of hydrogen-bond donors (Lipinski definition) is 1. The Balaban J connectivity index is 1.74. The molecule has 2 aromatic rings. The maximum Gasteiger partial charge on any atom is 0.220 e. The van der Waals surface area contributed by atoms with Crippen LogP contribution in [-0.2, 0) is 4.79 Å². The highest BCUT2D eigenvalue weighted by molar-refractivity contribution is 7.18. The number of carbonyl (C=O) groups is 1. The van der Waals surface area contributed by atoms with Crippen LogP contribution >= 0.6 is 11.3 Å². The van der Waals surface area contributed by atoms with Gasteiger partial charge in [0.2, 0.25) is 11.0 Å². The van der Waals surface area contributed by atoms with Gasteiger partial charge in [0.1, 0.15) is 5.01 Å². The van der Waals surface area contributed by atoms with Gasteiger partial charge in [-0.15, -0.1) is 10.2 Å². The minimum absolute atomic E-state index is 0.00425. The summed E-state index contributed by atoms with van der Waals surface area (Å²) in [4.78, 5) is 15.5. The van der Waals surface area contributed by atoms with Gasteiger partial charge < -0.3 is 15.5 Å². The maximum atomic E-state index is 11.2. The van der Waals surface area contributed by atoms with Gasteiger partial charge in [-0.25, -0.2) is 0 Å². The molecule has 122 valence electrons. The van der Waals surface area contributed by atoms with Crippen molar-refractivity contribution in [1.29, 1.82) is 0 Å². The minimum Gasteiger partial charge on any atom is -0.378 e. The zero-order chi connectivity index (χ0) is 16.4. The molecular weight excluding hydrogens is 310 g/mol. The molecule has 0 bridgehead atoms. The highest BCUT2D eigenvalue weighted by Crippen LogP contribution is 2.32. The molecule has 0 spiro atoms. The van der Waals surface area contributed by atoms with Gasteiger partial charge in [0.25, 0.3) is 0 Å². The summed E-state index contributed by atoms with van der Waals surface area (Å²) in [6, 6.07) is 8.27. The zero-order valence-corrected chi connectivity index (χ0v) is 14.2. The molecule has 1 aromatic heterocycles. The normalized spacial score (nSPS) is 15.7. The average Bonchev–Trinajstić information content (AvgIpc) is 3.05.